The highest BCUT2D eigenvalue weighted by Gasteiger charge is 2.36. The molecule has 0 aliphatic rings. The van der Waals surface area contributed by atoms with Crippen LogP contribution in [0.2, 0.25) is 0 Å². The van der Waals surface area contributed by atoms with E-state index in [2.05, 4.69) is 10.1 Å². The SMILES string of the molecule is C[C@@H]([C@H](Oc1ccc2c(cnn2-c2cscn2)c1)c1cccc(F)c1)N(C)C(=O)C(C)(C)F. The van der Waals surface area contributed by atoms with Crippen LogP contribution in [0, 0.1) is 5.82 Å². The molecule has 2 aromatic carbocycles. The lowest BCUT2D eigenvalue weighted by molar-refractivity contribution is -0.144. The predicted molar refractivity (Wildman–Crippen MR) is 124 cm³/mol. The Kier molecular flexibility index (Phi) is 6.16. The van der Waals surface area contributed by atoms with Gasteiger partial charge in [-0.3, -0.25) is 4.79 Å². The van der Waals surface area contributed by atoms with E-state index in [1.807, 2.05) is 17.5 Å². The zero-order chi connectivity index (χ0) is 23.8. The van der Waals surface area contributed by atoms with E-state index in [0.717, 1.165) is 16.7 Å². The fourth-order valence-electron chi connectivity index (χ4n) is 3.66. The van der Waals surface area contributed by atoms with Crippen molar-refractivity contribution in [3.05, 3.63) is 70.9 Å². The molecule has 0 spiro atoms. The summed E-state index contributed by atoms with van der Waals surface area (Å²) >= 11 is 1.48. The van der Waals surface area contributed by atoms with Crippen LogP contribution in [0.1, 0.15) is 32.4 Å². The Bertz CT molecular complexity index is 1270. The molecule has 4 rings (SSSR count). The zero-order valence-corrected chi connectivity index (χ0v) is 19.5. The Balaban J connectivity index is 1.68. The molecule has 0 bridgehead atoms. The van der Waals surface area contributed by atoms with Gasteiger partial charge in [0.15, 0.2) is 11.5 Å². The number of likely N-dealkylation sites (N-methyl/N-ethyl adjacent to an activating group) is 1. The average Bonchev–Trinajstić information content (AvgIpc) is 3.44. The monoisotopic (exact) mass is 470 g/mol. The lowest BCUT2D eigenvalue weighted by Crippen LogP contribution is -2.47. The van der Waals surface area contributed by atoms with Gasteiger partial charge >= 0.3 is 0 Å². The Morgan fingerprint density at radius 1 is 1.24 bits per heavy atom. The Hall–Kier alpha value is -3.33. The van der Waals surface area contributed by atoms with Gasteiger partial charge in [-0.15, -0.1) is 11.3 Å². The predicted octanol–water partition coefficient (Wildman–Crippen LogP) is 5.34. The van der Waals surface area contributed by atoms with Crippen LogP contribution in [-0.4, -0.2) is 44.3 Å². The van der Waals surface area contributed by atoms with Gasteiger partial charge in [-0.05, 0) is 56.7 Å². The molecule has 33 heavy (non-hydrogen) atoms. The van der Waals surface area contributed by atoms with Crippen LogP contribution in [-0.2, 0) is 4.79 Å². The van der Waals surface area contributed by atoms with Crippen LogP contribution in [0.15, 0.2) is 59.6 Å². The molecule has 9 heteroatoms. The van der Waals surface area contributed by atoms with Crippen LogP contribution in [0.4, 0.5) is 8.78 Å². The van der Waals surface area contributed by atoms with Crippen molar-refractivity contribution in [1.29, 1.82) is 0 Å². The highest BCUT2D eigenvalue weighted by Crippen LogP contribution is 2.31. The number of thiazole rings is 1. The number of carbonyl (C=O) groups excluding carboxylic acids is 1. The largest absolute Gasteiger partial charge is 0.484 e. The Labute approximate surface area is 194 Å². The normalized spacial score (nSPS) is 13.6. The van der Waals surface area contributed by atoms with Gasteiger partial charge in [0.05, 0.1) is 23.3 Å². The first kappa shape index (κ1) is 22.8. The summed E-state index contributed by atoms with van der Waals surface area (Å²) in [5.41, 5.74) is 1.09. The van der Waals surface area contributed by atoms with Gasteiger partial charge in [0.2, 0.25) is 0 Å². The van der Waals surface area contributed by atoms with Crippen LogP contribution in [0.3, 0.4) is 0 Å². The van der Waals surface area contributed by atoms with Gasteiger partial charge in [0.1, 0.15) is 17.7 Å². The molecule has 0 unspecified atom stereocenters. The maximum Gasteiger partial charge on any atom is 0.259 e. The summed E-state index contributed by atoms with van der Waals surface area (Å²) in [5.74, 6) is 0.138. The van der Waals surface area contributed by atoms with Gasteiger partial charge in [0.25, 0.3) is 5.91 Å². The molecular weight excluding hydrogens is 446 g/mol. The van der Waals surface area contributed by atoms with Gasteiger partial charge in [-0.2, -0.15) is 5.10 Å². The van der Waals surface area contributed by atoms with Crippen molar-refractivity contribution in [3.8, 4) is 11.6 Å². The summed E-state index contributed by atoms with van der Waals surface area (Å²) in [7, 11) is 1.52. The lowest BCUT2D eigenvalue weighted by atomic mass is 10.00. The third-order valence-corrected chi connectivity index (χ3v) is 6.07. The van der Waals surface area contributed by atoms with E-state index in [1.165, 1.54) is 49.3 Å². The molecule has 1 amide bonds. The first-order chi connectivity index (χ1) is 15.6. The number of alkyl halides is 1. The number of carbonyl (C=O) groups is 1. The quantitative estimate of drug-likeness (QED) is 0.366. The lowest BCUT2D eigenvalue weighted by Gasteiger charge is -2.34. The van der Waals surface area contributed by atoms with E-state index in [1.54, 1.807) is 41.5 Å². The van der Waals surface area contributed by atoms with Crippen LogP contribution < -0.4 is 4.74 Å². The van der Waals surface area contributed by atoms with Crippen molar-refractivity contribution in [2.75, 3.05) is 7.05 Å². The molecule has 0 saturated carbocycles. The number of hydrogen-bond acceptors (Lipinski definition) is 5. The minimum atomic E-state index is -2.04. The van der Waals surface area contributed by atoms with Crippen LogP contribution in [0.25, 0.3) is 16.7 Å². The molecule has 2 aromatic heterocycles. The van der Waals surface area contributed by atoms with Crippen LogP contribution in [0.5, 0.6) is 5.75 Å². The number of nitrogens with zero attached hydrogens (tertiary/aromatic N) is 4. The van der Waals surface area contributed by atoms with E-state index in [9.17, 15) is 13.6 Å². The van der Waals surface area contributed by atoms with Gasteiger partial charge < -0.3 is 9.64 Å². The third kappa shape index (κ3) is 4.73. The maximum absolute atomic E-state index is 14.3. The number of ether oxygens (including phenoxy) is 1. The summed E-state index contributed by atoms with van der Waals surface area (Å²) in [4.78, 5) is 18.1. The minimum Gasteiger partial charge on any atom is -0.484 e. The fraction of sp³-hybridized carbons (Fsp3) is 0.292. The number of benzene rings is 2. The second-order valence-corrected chi connectivity index (χ2v) is 9.06. The van der Waals surface area contributed by atoms with E-state index in [0.29, 0.717) is 11.3 Å². The number of fused-ring (bicyclic) bond motifs is 1. The molecular formula is C24H24F2N4O2S. The summed E-state index contributed by atoms with van der Waals surface area (Å²) < 4.78 is 36.4. The molecule has 6 nitrogen and oxygen atoms in total. The molecule has 0 fully saturated rings. The molecule has 0 aliphatic carbocycles. The summed E-state index contributed by atoms with van der Waals surface area (Å²) in [6, 6.07) is 10.9. The zero-order valence-electron chi connectivity index (χ0n) is 18.7. The summed E-state index contributed by atoms with van der Waals surface area (Å²) in [6.45, 7) is 4.17. The molecule has 172 valence electrons. The Morgan fingerprint density at radius 3 is 2.70 bits per heavy atom. The van der Waals surface area contributed by atoms with Crippen molar-refractivity contribution in [1.82, 2.24) is 19.7 Å². The number of halogens is 2. The summed E-state index contributed by atoms with van der Waals surface area (Å²) in [5, 5.41) is 7.14. The topological polar surface area (TPSA) is 60.2 Å². The van der Waals surface area contributed by atoms with Gasteiger partial charge in [-0.1, -0.05) is 12.1 Å². The fourth-order valence-corrected chi connectivity index (χ4v) is 4.17. The van der Waals surface area contributed by atoms with Crippen molar-refractivity contribution < 1.29 is 18.3 Å². The van der Waals surface area contributed by atoms with Crippen LogP contribution >= 0.6 is 11.3 Å². The van der Waals surface area contributed by atoms with Crippen molar-refractivity contribution in [3.63, 3.8) is 0 Å². The van der Waals surface area contributed by atoms with E-state index in [-0.39, 0.29) is 0 Å². The highest BCUT2D eigenvalue weighted by molar-refractivity contribution is 7.07. The van der Waals surface area contributed by atoms with E-state index >= 15 is 0 Å². The average molecular weight is 471 g/mol. The standard InChI is InChI=1S/C24H24F2N4O2S/c1-15(29(4)23(31)24(2,3)26)22(16-6-5-7-18(25)10-16)32-19-8-9-20-17(11-19)12-28-30(20)21-13-33-14-27-21/h5-15,22H,1-4H3/t15-,22-/m0/s1. The van der Waals surface area contributed by atoms with E-state index in [4.69, 9.17) is 4.74 Å². The van der Waals surface area contributed by atoms with Gasteiger partial charge in [-0.25, -0.2) is 18.4 Å². The molecule has 0 aliphatic heterocycles. The van der Waals surface area contributed by atoms with Gasteiger partial charge in [0, 0.05) is 17.8 Å². The highest BCUT2D eigenvalue weighted by atomic mass is 32.1. The second-order valence-electron chi connectivity index (χ2n) is 8.35. The smallest absolute Gasteiger partial charge is 0.259 e. The molecule has 0 N–H and O–H groups in total. The number of amides is 1. The molecule has 0 radical (unpaired) electrons. The molecule has 2 heterocycles. The first-order valence-corrected chi connectivity index (χ1v) is 11.3. The molecule has 4 aromatic rings. The number of aromatic nitrogens is 3. The minimum absolute atomic E-state index is 0.423. The number of hydrogen-bond donors (Lipinski definition) is 0. The number of rotatable bonds is 7. The van der Waals surface area contributed by atoms with E-state index < -0.39 is 29.5 Å². The maximum atomic E-state index is 14.3. The summed E-state index contributed by atoms with van der Waals surface area (Å²) in [6.07, 6.45) is 0.978. The second kappa shape index (κ2) is 8.90. The Morgan fingerprint density at radius 2 is 2.03 bits per heavy atom. The third-order valence-electron chi connectivity index (χ3n) is 5.49. The molecule has 0 saturated heterocycles. The molecule has 2 atom stereocenters. The van der Waals surface area contributed by atoms with Crippen molar-refractivity contribution in [2.45, 2.75) is 38.6 Å². The van der Waals surface area contributed by atoms with Crippen molar-refractivity contribution >= 4 is 28.1 Å². The van der Waals surface area contributed by atoms with Crippen molar-refractivity contribution in [2.24, 2.45) is 0 Å². The first-order valence-electron chi connectivity index (χ1n) is 10.4.